The number of nitrogens with one attached hydrogen (secondary N) is 9. The first-order chi connectivity index (χ1) is 66.8. The molecule has 0 radical (unpaired) electrons. The van der Waals surface area contributed by atoms with Gasteiger partial charge in [0.1, 0.15) is 80.4 Å². The first-order valence-corrected chi connectivity index (χ1v) is 61.6. The van der Waals surface area contributed by atoms with Gasteiger partial charge in [0.2, 0.25) is 30.3 Å². The summed E-state index contributed by atoms with van der Waals surface area (Å²) in [6.07, 6.45) is -3.03. The zero-order valence-corrected chi connectivity index (χ0v) is 91.3. The number of hydrogen-bond donors (Lipinski definition) is 11. The number of fused-ring (bicyclic) bond motifs is 6. The second kappa shape index (κ2) is 49.3. The zero-order valence-electron chi connectivity index (χ0n) is 82.4. The van der Waals surface area contributed by atoms with Gasteiger partial charge in [-0.15, -0.1) is 0 Å². The maximum Gasteiger partial charge on any atom is 0.280 e. The molecular weight excluding hydrogens is 2050 g/mol. The Morgan fingerprint density at radius 3 is 1.43 bits per heavy atom. The van der Waals surface area contributed by atoms with Gasteiger partial charge in [-0.3, -0.25) is 77.2 Å². The molecule has 5 saturated heterocycles. The number of nitriles is 3. The molecule has 13 heterocycles. The van der Waals surface area contributed by atoms with Crippen molar-refractivity contribution in [3.63, 3.8) is 0 Å². The number of H-pyrrole nitrogens is 4. The summed E-state index contributed by atoms with van der Waals surface area (Å²) in [4.78, 5) is 154. The van der Waals surface area contributed by atoms with E-state index < -0.39 is 162 Å². The van der Waals surface area contributed by atoms with Gasteiger partial charge in [0, 0.05) is 41.5 Å². The number of aromatic amines is 4. The molecule has 8 aromatic rings. The van der Waals surface area contributed by atoms with Crippen LogP contribution in [0.5, 0.6) is 0 Å². The number of Topliss-reactive ketones (excluding diaryl/α,β-unsaturated/α-hetero) is 2. The van der Waals surface area contributed by atoms with Crippen molar-refractivity contribution in [2.24, 2.45) is 41.2 Å². The normalized spacial score (nSPS) is 25.8. The van der Waals surface area contributed by atoms with Gasteiger partial charge in [-0.2, -0.15) is 25.8 Å². The lowest BCUT2D eigenvalue weighted by Gasteiger charge is -2.41. The summed E-state index contributed by atoms with van der Waals surface area (Å²) >= 11 is 23.9. The molecule has 2 amide bonds. The molecule has 12 N–H and O–H groups in total. The number of aliphatic hydroxyl groups is 1. The van der Waals surface area contributed by atoms with Crippen LogP contribution in [-0.4, -0.2) is 243 Å². The molecule has 48 nitrogen and oxygen atoms in total. The van der Waals surface area contributed by atoms with Crippen molar-refractivity contribution in [3.05, 3.63) is 89.8 Å². The van der Waals surface area contributed by atoms with E-state index in [0.29, 0.717) is 0 Å². The van der Waals surface area contributed by atoms with Gasteiger partial charge in [0.05, 0.1) is 146 Å². The van der Waals surface area contributed by atoms with Crippen molar-refractivity contribution < 1.29 is 83.8 Å². The first kappa shape index (κ1) is 117. The third-order valence-electron chi connectivity index (χ3n) is 25.2. The Hall–Kier alpha value is -8.18. The third kappa shape index (κ3) is 27.9. The fraction of sp³-hybridized carbons (Fsp3) is 0.671. The molecule has 19 atom stereocenters. The van der Waals surface area contributed by atoms with Crippen LogP contribution in [0.1, 0.15) is 174 Å². The number of aliphatic hydroxyl groups excluding tert-OH is 1. The topological polar surface area (TPSA) is 625 Å². The summed E-state index contributed by atoms with van der Waals surface area (Å²) in [5.74, 6) is -2.88. The fourth-order valence-electron chi connectivity index (χ4n) is 15.0. The minimum atomic E-state index is -3.69. The first-order valence-electron chi connectivity index (χ1n) is 46.0. The van der Waals surface area contributed by atoms with Crippen molar-refractivity contribution >= 4 is 171 Å². The SMILES string of the molecule is C.CC(C)C(=O)Cc1nc2c(ncn2[C@@H]2O[C@H](COP(=S)(N[C@H]3[C@@H](O[Si](C)(C)C(C)(C)C)[C@H](n4cnc5c(=O)[nH]c(NC(=O)C(C)C)nc54)O[C@@H]3COP=S)OCCC#N)[C@@H](N)[C@H]2C)c(=O)[nH]1.N#CCCO.[C-]#[N+]CCOP1(=S)N[C@H]2[C@@H](C)[C@H](n3cnc4c(=O)[nH]c(CC(=O)C(C)C)nc43)O[C@@H]2COP(=S)(OCCC#N)N[C@H]2[C@@H](O[Si](C)(C)C(C)(C)C)[C@H](n3cnc4c(=O)[nH]c(NC(=O)C(C)C)nc43)O[C@@H]2CO1. The standard InChI is InChI=1S/C42H61N13O11P2S2Si.C39H58N12O10P2S2Si.C3H5NO.CH4/c1-22(2)25(56)17-28-47-34-31(37(58)48-28)45-20-54(34)39-24(5)29-26(64-39)18-62-68(70,60-15-12-13-43)53-30-27(19-63-67(69,52-29)61-16-14-44-9)65-40(33(30)66-71(10,11)42(6,7)8)55-21-46-32-35(55)49-41(51-38(32)59)50-36(57)23(3)4;1-19(2)22(52)14-25-44-31-28(34(54)45-25)42-17-50(31)36-21(5)26(41)23(59-36)16-58-63(65,57-13-11-12-40)49-27-24(15-56-62-64)60-37(30(27)61-66(9,10)39(6,7)8)51-18-43-29-32(51)46-38(48-35(29)55)47-33(53)20(3)4;4-2-1-3-5;/h20-24,26-27,29-30,33,39-40H,12,14-19H2,1-8,10-11H3,(H,52,69)(H,53,70)(H,47,48,58)(H2,49,50,51,57,59);17-21,23-24,26-27,30,36-37H,11,13-16,41H2,1-10H3,(H,49,65)(H,44,45,54)(H2,46,47,48,53,55);5H,1,3H2;1H4/t24-,26-,27-,29+,30-,33-,39-,40-,67?,68?;21-,23-,24-,26+,27-,30-,36-,37-,63?;;/m11../s1. The number of nitrogens with two attached hydrogens (primary N) is 1. The number of nitrogens with zero attached hydrogens (tertiary/aromatic N) is 16. The zero-order chi connectivity index (χ0) is 104. The molecule has 0 spiro atoms. The minimum absolute atomic E-state index is 0. The minimum Gasteiger partial charge on any atom is -0.408 e. The van der Waals surface area contributed by atoms with Gasteiger partial charge in [-0.05, 0) is 83.5 Å². The summed E-state index contributed by atoms with van der Waals surface area (Å²) in [5.41, 5.74) is 5.36. The van der Waals surface area contributed by atoms with E-state index in [9.17, 15) is 48.9 Å². The van der Waals surface area contributed by atoms with Gasteiger partial charge in [0.15, 0.2) is 73.7 Å². The highest BCUT2D eigenvalue weighted by Gasteiger charge is 2.57. The predicted octanol–water partition coefficient (Wildman–Crippen LogP) is 9.48. The van der Waals surface area contributed by atoms with E-state index in [-0.39, 0.29) is 226 Å². The molecule has 5 fully saturated rings. The number of hydrogen-bond acceptors (Lipinski definition) is 38. The maximum atomic E-state index is 13.5. The van der Waals surface area contributed by atoms with Crippen molar-refractivity contribution in [1.82, 2.24) is 93.3 Å². The van der Waals surface area contributed by atoms with Crippen LogP contribution < -0.4 is 53.9 Å². The molecule has 58 heteroatoms. The average molecular weight is 2170 g/mol. The average Bonchev–Trinajstić information content (AvgIpc) is 1.60. The van der Waals surface area contributed by atoms with Gasteiger partial charge in [-0.1, -0.05) is 118 Å². The van der Waals surface area contributed by atoms with Crippen molar-refractivity contribution in [3.8, 4) is 18.2 Å². The molecular formula is C85H128N26O22P4S4Si2. The number of rotatable bonds is 36. The molecule has 0 saturated carbocycles. The molecule has 0 bridgehead atoms. The van der Waals surface area contributed by atoms with E-state index in [4.69, 9.17) is 129 Å². The summed E-state index contributed by atoms with van der Waals surface area (Å²) in [5, 5.41) is 49.7. The summed E-state index contributed by atoms with van der Waals surface area (Å²) in [6, 6.07) is 2.90. The third-order valence-corrected chi connectivity index (χ3v) is 42.5. The van der Waals surface area contributed by atoms with Gasteiger partial charge in [0.25, 0.3) is 42.2 Å². The van der Waals surface area contributed by atoms with Crippen LogP contribution >= 0.6 is 27.5 Å². The number of ether oxygens (including phenoxy) is 4. The lowest BCUT2D eigenvalue weighted by Crippen LogP contribution is -2.53. The van der Waals surface area contributed by atoms with E-state index in [1.807, 2.05) is 13.8 Å². The van der Waals surface area contributed by atoms with Crippen LogP contribution in [0.15, 0.2) is 44.5 Å². The highest BCUT2D eigenvalue weighted by atomic mass is 32.5. The lowest BCUT2D eigenvalue weighted by molar-refractivity contribution is -0.122. The molecule has 3 unspecified atom stereocenters. The van der Waals surface area contributed by atoms with E-state index in [0.717, 1.165) is 0 Å². The van der Waals surface area contributed by atoms with E-state index in [2.05, 4.69) is 170 Å². The second-order valence-electron chi connectivity index (χ2n) is 38.8. The van der Waals surface area contributed by atoms with Crippen LogP contribution in [0.25, 0.3) is 49.5 Å². The molecule has 782 valence electrons. The summed E-state index contributed by atoms with van der Waals surface area (Å²) in [6.45, 7) is 34.1. The van der Waals surface area contributed by atoms with E-state index >= 15 is 0 Å². The van der Waals surface area contributed by atoms with Crippen molar-refractivity contribution in [2.75, 3.05) is 70.0 Å². The van der Waals surface area contributed by atoms with Gasteiger partial charge < -0.3 is 85.1 Å². The second-order valence-corrected chi connectivity index (χ2v) is 58.8. The summed E-state index contributed by atoms with van der Waals surface area (Å²) < 4.78 is 92.5. The number of carbonyl (C=O) groups is 4. The number of amides is 2. The molecule has 5 aliphatic heterocycles. The monoisotopic (exact) mass is 2170 g/mol. The Balaban J connectivity index is 0.000000279. The highest BCUT2D eigenvalue weighted by molar-refractivity contribution is 8.09. The fourth-order valence-corrected chi connectivity index (χ4v) is 25.1. The molecule has 0 aromatic carbocycles. The van der Waals surface area contributed by atoms with Crippen LogP contribution in [-0.2, 0) is 139 Å². The van der Waals surface area contributed by atoms with Crippen LogP contribution in [0.2, 0.25) is 36.3 Å². The van der Waals surface area contributed by atoms with E-state index in [1.165, 1.54) is 25.3 Å². The van der Waals surface area contributed by atoms with Crippen LogP contribution in [0.4, 0.5) is 11.9 Å². The Morgan fingerprint density at radius 2 is 1.00 bits per heavy atom. The molecule has 5 aliphatic rings. The Labute approximate surface area is 850 Å². The van der Waals surface area contributed by atoms with Gasteiger partial charge >= 0.3 is 0 Å². The number of aromatic nitrogens is 16. The number of imidazole rings is 4. The van der Waals surface area contributed by atoms with Crippen LogP contribution in [0, 0.1) is 76.1 Å². The predicted molar refractivity (Wildman–Crippen MR) is 548 cm³/mol. The Morgan fingerprint density at radius 1 is 0.594 bits per heavy atom. The largest absolute Gasteiger partial charge is 0.408 e. The molecule has 8 aromatic heterocycles. The van der Waals surface area contributed by atoms with Crippen LogP contribution in [0.3, 0.4) is 0 Å². The highest BCUT2D eigenvalue weighted by Crippen LogP contribution is 2.56. The Kier molecular flexibility index (Phi) is 40.2. The Bertz CT molecular complexity index is 6500. The summed E-state index contributed by atoms with van der Waals surface area (Å²) in [7, 11) is -5.24. The number of anilines is 2. The van der Waals surface area contributed by atoms with Crippen molar-refractivity contribution in [1.29, 1.82) is 15.8 Å². The smallest absolute Gasteiger partial charge is 0.280 e. The molecule has 0 aliphatic carbocycles. The van der Waals surface area contributed by atoms with E-state index in [1.54, 1.807) is 79.7 Å². The molecule has 13 rings (SSSR count). The number of carbonyl (C=O) groups excluding carboxylic acids is 4. The lowest BCUT2D eigenvalue weighted by atomic mass is 10.00. The quantitative estimate of drug-likeness (QED) is 0.00753. The number of ketones is 2. The molecule has 143 heavy (non-hydrogen) atoms. The van der Waals surface area contributed by atoms with Crippen molar-refractivity contribution in [2.45, 2.75) is 272 Å². The maximum absolute atomic E-state index is 13.5. The van der Waals surface area contributed by atoms with Gasteiger partial charge in [-0.25, -0.2) is 51.7 Å².